The molecule has 1 aliphatic heterocycles. The van der Waals surface area contributed by atoms with E-state index in [1.807, 2.05) is 0 Å². The summed E-state index contributed by atoms with van der Waals surface area (Å²) in [5, 5.41) is 11.3. The summed E-state index contributed by atoms with van der Waals surface area (Å²) in [6, 6.07) is 2.51. The standard InChI is InChI=1S/C11H19N3O/c1-9(3-6-12)14-7-4-10(5-8-14)11(15)13-2/h9-10H,3-5,7-8H2,1-2H3,(H,13,15). The van der Waals surface area contributed by atoms with Gasteiger partial charge in [0.2, 0.25) is 5.91 Å². The number of hydrogen-bond acceptors (Lipinski definition) is 3. The minimum Gasteiger partial charge on any atom is -0.359 e. The molecule has 0 spiro atoms. The molecule has 0 bridgehead atoms. The normalized spacial score (nSPS) is 20.6. The van der Waals surface area contributed by atoms with Crippen LogP contribution < -0.4 is 5.32 Å². The van der Waals surface area contributed by atoms with Gasteiger partial charge in [0.05, 0.1) is 12.5 Å². The average Bonchev–Trinajstić information content (AvgIpc) is 2.28. The molecular weight excluding hydrogens is 190 g/mol. The SMILES string of the molecule is CNC(=O)C1CCN(C(C)CC#N)CC1. The van der Waals surface area contributed by atoms with Gasteiger partial charge in [-0.2, -0.15) is 5.26 Å². The summed E-state index contributed by atoms with van der Waals surface area (Å²) < 4.78 is 0. The zero-order chi connectivity index (χ0) is 11.3. The Labute approximate surface area is 91.2 Å². The molecule has 0 aromatic rings. The van der Waals surface area contributed by atoms with E-state index in [1.165, 1.54) is 0 Å². The van der Waals surface area contributed by atoms with Crippen LogP contribution in [0.5, 0.6) is 0 Å². The summed E-state index contributed by atoms with van der Waals surface area (Å²) in [6.45, 7) is 3.94. The fourth-order valence-corrected chi connectivity index (χ4v) is 2.07. The number of rotatable bonds is 3. The molecule has 1 atom stereocenters. The molecule has 0 aromatic carbocycles. The third-order valence-electron chi connectivity index (χ3n) is 3.16. The molecule has 4 heteroatoms. The largest absolute Gasteiger partial charge is 0.359 e. The van der Waals surface area contributed by atoms with Gasteiger partial charge in [-0.05, 0) is 32.9 Å². The topological polar surface area (TPSA) is 56.1 Å². The van der Waals surface area contributed by atoms with Crippen LogP contribution in [0.2, 0.25) is 0 Å². The number of nitrogens with one attached hydrogen (secondary N) is 1. The molecule has 1 unspecified atom stereocenters. The van der Waals surface area contributed by atoms with Gasteiger partial charge in [0.25, 0.3) is 0 Å². The Bertz CT molecular complexity index is 251. The number of nitrogens with zero attached hydrogens (tertiary/aromatic N) is 2. The maximum atomic E-state index is 11.4. The molecule has 1 heterocycles. The van der Waals surface area contributed by atoms with Gasteiger partial charge in [-0.15, -0.1) is 0 Å². The van der Waals surface area contributed by atoms with Crippen LogP contribution in [0.1, 0.15) is 26.2 Å². The summed E-state index contributed by atoms with van der Waals surface area (Å²) in [5.74, 6) is 0.322. The molecule has 84 valence electrons. The number of carbonyl (C=O) groups excluding carboxylic acids is 1. The second kappa shape index (κ2) is 5.72. The Kier molecular flexibility index (Phi) is 4.57. The number of piperidine rings is 1. The van der Waals surface area contributed by atoms with Crippen molar-refractivity contribution in [3.05, 3.63) is 0 Å². The second-order valence-corrected chi connectivity index (χ2v) is 4.14. The first-order valence-electron chi connectivity index (χ1n) is 5.51. The molecule has 0 aliphatic carbocycles. The zero-order valence-electron chi connectivity index (χ0n) is 9.49. The third kappa shape index (κ3) is 3.21. The second-order valence-electron chi connectivity index (χ2n) is 4.14. The lowest BCUT2D eigenvalue weighted by Crippen LogP contribution is -2.43. The number of likely N-dealkylation sites (tertiary alicyclic amines) is 1. The summed E-state index contributed by atoms with van der Waals surface area (Å²) in [4.78, 5) is 13.7. The third-order valence-corrected chi connectivity index (χ3v) is 3.16. The first kappa shape index (κ1) is 12.0. The van der Waals surface area contributed by atoms with Crippen LogP contribution in [0.4, 0.5) is 0 Å². The molecule has 1 N–H and O–H groups in total. The van der Waals surface area contributed by atoms with E-state index in [4.69, 9.17) is 5.26 Å². The molecule has 1 amide bonds. The Morgan fingerprint density at radius 2 is 2.20 bits per heavy atom. The maximum Gasteiger partial charge on any atom is 0.222 e. The van der Waals surface area contributed by atoms with Gasteiger partial charge in [-0.3, -0.25) is 9.69 Å². The molecule has 0 radical (unpaired) electrons. The van der Waals surface area contributed by atoms with E-state index >= 15 is 0 Å². The zero-order valence-corrected chi connectivity index (χ0v) is 9.49. The average molecular weight is 209 g/mol. The minimum atomic E-state index is 0.155. The quantitative estimate of drug-likeness (QED) is 0.746. The first-order chi connectivity index (χ1) is 7.19. The molecule has 4 nitrogen and oxygen atoms in total. The molecule has 0 saturated carbocycles. The van der Waals surface area contributed by atoms with Crippen molar-refractivity contribution < 1.29 is 4.79 Å². The Morgan fingerprint density at radius 1 is 1.60 bits per heavy atom. The van der Waals surface area contributed by atoms with Crippen LogP contribution in [0, 0.1) is 17.2 Å². The van der Waals surface area contributed by atoms with Gasteiger partial charge in [-0.25, -0.2) is 0 Å². The van der Waals surface area contributed by atoms with Crippen LogP contribution >= 0.6 is 0 Å². The van der Waals surface area contributed by atoms with E-state index in [1.54, 1.807) is 7.05 Å². The fraction of sp³-hybridized carbons (Fsp3) is 0.818. The van der Waals surface area contributed by atoms with Crippen molar-refractivity contribution in [2.24, 2.45) is 5.92 Å². The Hall–Kier alpha value is -1.08. The lowest BCUT2D eigenvalue weighted by molar-refractivity contribution is -0.126. The minimum absolute atomic E-state index is 0.155. The van der Waals surface area contributed by atoms with E-state index < -0.39 is 0 Å². The summed E-state index contributed by atoms with van der Waals surface area (Å²) in [6.07, 6.45) is 2.40. The van der Waals surface area contributed by atoms with E-state index in [0.29, 0.717) is 12.5 Å². The monoisotopic (exact) mass is 209 g/mol. The van der Waals surface area contributed by atoms with Gasteiger partial charge in [0, 0.05) is 19.0 Å². The smallest absolute Gasteiger partial charge is 0.222 e. The van der Waals surface area contributed by atoms with Crippen LogP contribution in [-0.4, -0.2) is 37.0 Å². The number of carbonyl (C=O) groups is 1. The fourth-order valence-electron chi connectivity index (χ4n) is 2.07. The Morgan fingerprint density at radius 3 is 2.67 bits per heavy atom. The Balaban J connectivity index is 2.36. The van der Waals surface area contributed by atoms with E-state index in [2.05, 4.69) is 23.2 Å². The number of hydrogen-bond donors (Lipinski definition) is 1. The van der Waals surface area contributed by atoms with Crippen molar-refractivity contribution >= 4 is 5.91 Å². The number of nitriles is 1. The molecule has 1 aliphatic rings. The highest BCUT2D eigenvalue weighted by Crippen LogP contribution is 2.19. The van der Waals surface area contributed by atoms with E-state index in [9.17, 15) is 4.79 Å². The summed E-state index contributed by atoms with van der Waals surface area (Å²) in [5.41, 5.74) is 0. The van der Waals surface area contributed by atoms with Crippen LogP contribution in [0.3, 0.4) is 0 Å². The van der Waals surface area contributed by atoms with Crippen molar-refractivity contribution in [3.63, 3.8) is 0 Å². The van der Waals surface area contributed by atoms with Gasteiger partial charge in [-0.1, -0.05) is 0 Å². The van der Waals surface area contributed by atoms with Crippen molar-refractivity contribution in [3.8, 4) is 6.07 Å². The predicted octanol–water partition coefficient (Wildman–Crippen LogP) is 0.747. The van der Waals surface area contributed by atoms with Crippen molar-refractivity contribution in [1.29, 1.82) is 5.26 Å². The lowest BCUT2D eigenvalue weighted by Gasteiger charge is -2.34. The van der Waals surface area contributed by atoms with Crippen LogP contribution in [0.15, 0.2) is 0 Å². The summed E-state index contributed by atoms with van der Waals surface area (Å²) in [7, 11) is 1.69. The van der Waals surface area contributed by atoms with Crippen molar-refractivity contribution in [2.45, 2.75) is 32.2 Å². The predicted molar refractivity (Wildman–Crippen MR) is 58.1 cm³/mol. The highest BCUT2D eigenvalue weighted by molar-refractivity contribution is 5.78. The van der Waals surface area contributed by atoms with Crippen molar-refractivity contribution in [2.75, 3.05) is 20.1 Å². The lowest BCUT2D eigenvalue weighted by atomic mass is 9.95. The van der Waals surface area contributed by atoms with E-state index in [0.717, 1.165) is 25.9 Å². The van der Waals surface area contributed by atoms with Gasteiger partial charge in [0.15, 0.2) is 0 Å². The molecule has 1 fully saturated rings. The molecular formula is C11H19N3O. The molecule has 1 saturated heterocycles. The molecule has 0 aromatic heterocycles. The van der Waals surface area contributed by atoms with Crippen molar-refractivity contribution in [1.82, 2.24) is 10.2 Å². The highest BCUT2D eigenvalue weighted by Gasteiger charge is 2.26. The van der Waals surface area contributed by atoms with Crippen LogP contribution in [-0.2, 0) is 4.79 Å². The summed E-state index contributed by atoms with van der Waals surface area (Å²) >= 11 is 0. The van der Waals surface area contributed by atoms with E-state index in [-0.39, 0.29) is 11.8 Å². The highest BCUT2D eigenvalue weighted by atomic mass is 16.1. The van der Waals surface area contributed by atoms with Gasteiger partial charge >= 0.3 is 0 Å². The maximum absolute atomic E-state index is 11.4. The van der Waals surface area contributed by atoms with Gasteiger partial charge < -0.3 is 5.32 Å². The molecule has 1 rings (SSSR count). The molecule has 15 heavy (non-hydrogen) atoms. The number of amides is 1. The van der Waals surface area contributed by atoms with Crippen LogP contribution in [0.25, 0.3) is 0 Å². The van der Waals surface area contributed by atoms with Gasteiger partial charge in [0.1, 0.15) is 0 Å². The first-order valence-corrected chi connectivity index (χ1v) is 5.51.